The molecule has 2 unspecified atom stereocenters. The summed E-state index contributed by atoms with van der Waals surface area (Å²) in [4.78, 5) is 64.3. The summed E-state index contributed by atoms with van der Waals surface area (Å²) in [5, 5.41) is 0. The van der Waals surface area contributed by atoms with Gasteiger partial charge >= 0.3 is 11.9 Å². The van der Waals surface area contributed by atoms with E-state index in [9.17, 15) is 24.0 Å². The summed E-state index contributed by atoms with van der Waals surface area (Å²) in [7, 11) is 0. The summed E-state index contributed by atoms with van der Waals surface area (Å²) in [6, 6.07) is 18.7. The monoisotopic (exact) mass is 587 g/mol. The highest BCUT2D eigenvalue weighted by atomic mass is 79.9. The van der Waals surface area contributed by atoms with Gasteiger partial charge in [0.15, 0.2) is 12.4 Å². The van der Waals surface area contributed by atoms with E-state index < -0.39 is 24.3 Å². The summed E-state index contributed by atoms with van der Waals surface area (Å²) >= 11 is 3.31. The molecule has 39 heavy (non-hydrogen) atoms. The second-order valence-electron chi connectivity index (χ2n) is 9.14. The van der Waals surface area contributed by atoms with Crippen molar-refractivity contribution in [3.05, 3.63) is 106 Å². The minimum absolute atomic E-state index is 0.115. The lowest BCUT2D eigenvalue weighted by molar-refractivity contribution is -0.122. The number of ketones is 1. The van der Waals surface area contributed by atoms with E-state index in [2.05, 4.69) is 15.9 Å². The predicted molar refractivity (Wildman–Crippen MR) is 144 cm³/mol. The average molecular weight is 588 g/mol. The zero-order valence-electron chi connectivity index (χ0n) is 20.5. The molecule has 1 saturated heterocycles. The number of carbonyl (C=O) groups excluding carboxylic acids is 5. The van der Waals surface area contributed by atoms with Crippen molar-refractivity contribution in [2.75, 3.05) is 11.5 Å². The fraction of sp³-hybridized carbons (Fsp3) is 0.167. The Kier molecular flexibility index (Phi) is 7.51. The Morgan fingerprint density at radius 1 is 0.769 bits per heavy atom. The molecule has 3 aromatic rings. The second-order valence-corrected chi connectivity index (χ2v) is 10.1. The summed E-state index contributed by atoms with van der Waals surface area (Å²) in [6.45, 7) is -0.515. The summed E-state index contributed by atoms with van der Waals surface area (Å²) in [5.41, 5.74) is 1.06. The van der Waals surface area contributed by atoms with Crippen LogP contribution in [0.4, 0.5) is 5.69 Å². The van der Waals surface area contributed by atoms with E-state index in [1.165, 1.54) is 36.4 Å². The van der Waals surface area contributed by atoms with Gasteiger partial charge in [-0.2, -0.15) is 0 Å². The van der Waals surface area contributed by atoms with E-state index in [0.717, 1.165) is 9.37 Å². The van der Waals surface area contributed by atoms with Crippen LogP contribution in [0.5, 0.6) is 5.75 Å². The number of amides is 2. The number of hydrogen-bond acceptors (Lipinski definition) is 7. The Hall–Kier alpha value is -4.37. The molecule has 1 heterocycles. The normalized spacial score (nSPS) is 18.0. The van der Waals surface area contributed by atoms with Crippen molar-refractivity contribution in [3.8, 4) is 5.75 Å². The van der Waals surface area contributed by atoms with Crippen molar-refractivity contribution in [3.63, 3.8) is 0 Å². The topological polar surface area (TPSA) is 107 Å². The van der Waals surface area contributed by atoms with Gasteiger partial charge in [-0.25, -0.2) is 9.59 Å². The van der Waals surface area contributed by atoms with Gasteiger partial charge in [0.2, 0.25) is 11.8 Å². The van der Waals surface area contributed by atoms with Crippen LogP contribution in [-0.4, -0.2) is 36.1 Å². The third kappa shape index (κ3) is 5.58. The first-order chi connectivity index (χ1) is 18.8. The number of carbonyl (C=O) groups is 5. The molecule has 1 aliphatic carbocycles. The van der Waals surface area contributed by atoms with Crippen LogP contribution >= 0.6 is 15.9 Å². The number of imide groups is 1. The first-order valence-electron chi connectivity index (χ1n) is 12.2. The number of halogens is 1. The molecule has 1 fully saturated rings. The Morgan fingerprint density at radius 2 is 1.38 bits per heavy atom. The molecule has 0 bridgehead atoms. The van der Waals surface area contributed by atoms with Crippen molar-refractivity contribution in [2.24, 2.45) is 11.8 Å². The number of benzene rings is 3. The number of anilines is 1. The van der Waals surface area contributed by atoms with Gasteiger partial charge < -0.3 is 9.47 Å². The lowest BCUT2D eigenvalue weighted by Crippen LogP contribution is -2.31. The smallest absolute Gasteiger partial charge is 0.343 e. The molecule has 1 aliphatic heterocycles. The zero-order chi connectivity index (χ0) is 27.5. The van der Waals surface area contributed by atoms with Gasteiger partial charge in [-0.3, -0.25) is 19.3 Å². The Labute approximate surface area is 232 Å². The first kappa shape index (κ1) is 26.2. The minimum Gasteiger partial charge on any atom is -0.454 e. The standard InChI is InChI=1S/C30H22BrNO7/c31-21-12-8-19(9-13-21)30(37)39-23-14-10-18(11-15-23)26(33)17-38-29(36)20-4-3-5-22(16-20)32-27(34)24-6-1-2-7-25(24)28(32)35/h1-5,8-16,24-25H,6-7,17H2. The van der Waals surface area contributed by atoms with E-state index >= 15 is 0 Å². The molecule has 3 aromatic carbocycles. The summed E-state index contributed by atoms with van der Waals surface area (Å²) in [6.07, 6.45) is 4.85. The molecule has 0 N–H and O–H groups in total. The predicted octanol–water partition coefficient (Wildman–Crippen LogP) is 5.16. The maximum Gasteiger partial charge on any atom is 0.343 e. The van der Waals surface area contributed by atoms with Gasteiger partial charge in [0.1, 0.15) is 5.75 Å². The maximum absolute atomic E-state index is 12.9. The molecule has 196 valence electrons. The van der Waals surface area contributed by atoms with Crippen molar-refractivity contribution in [1.82, 2.24) is 0 Å². The van der Waals surface area contributed by atoms with E-state index in [0.29, 0.717) is 24.1 Å². The van der Waals surface area contributed by atoms with Crippen LogP contribution in [0.15, 0.2) is 89.4 Å². The Bertz CT molecular complexity index is 1470. The molecule has 5 rings (SSSR count). The fourth-order valence-electron chi connectivity index (χ4n) is 4.59. The van der Waals surface area contributed by atoms with Gasteiger partial charge in [0.25, 0.3) is 0 Å². The van der Waals surface area contributed by atoms with E-state index in [1.54, 1.807) is 36.4 Å². The van der Waals surface area contributed by atoms with Crippen LogP contribution < -0.4 is 9.64 Å². The van der Waals surface area contributed by atoms with Crippen LogP contribution in [0.2, 0.25) is 0 Å². The van der Waals surface area contributed by atoms with E-state index in [1.807, 2.05) is 12.2 Å². The van der Waals surface area contributed by atoms with Crippen LogP contribution in [0.3, 0.4) is 0 Å². The average Bonchev–Trinajstić information content (AvgIpc) is 3.21. The van der Waals surface area contributed by atoms with Gasteiger partial charge in [-0.05, 0) is 79.6 Å². The van der Waals surface area contributed by atoms with Gasteiger partial charge in [0, 0.05) is 10.0 Å². The molecule has 2 amide bonds. The van der Waals surface area contributed by atoms with Crippen LogP contribution in [0.1, 0.15) is 43.9 Å². The number of fused-ring (bicyclic) bond motifs is 1. The number of nitrogens with zero attached hydrogens (tertiary/aromatic N) is 1. The molecular formula is C30H22BrNO7. The lowest BCUT2D eigenvalue weighted by Gasteiger charge is -2.15. The van der Waals surface area contributed by atoms with Gasteiger partial charge in [-0.1, -0.05) is 34.1 Å². The van der Waals surface area contributed by atoms with Crippen LogP contribution in [0.25, 0.3) is 0 Å². The third-order valence-corrected chi connectivity index (χ3v) is 7.18. The first-order valence-corrected chi connectivity index (χ1v) is 13.0. The molecule has 0 spiro atoms. The molecule has 9 heteroatoms. The maximum atomic E-state index is 12.9. The molecule has 0 aromatic heterocycles. The molecule has 0 saturated carbocycles. The Morgan fingerprint density at radius 3 is 2.03 bits per heavy atom. The summed E-state index contributed by atoms with van der Waals surface area (Å²) in [5.74, 6) is -2.81. The Balaban J connectivity index is 1.18. The molecule has 8 nitrogen and oxygen atoms in total. The third-order valence-electron chi connectivity index (χ3n) is 6.65. The number of rotatable bonds is 7. The number of allylic oxidation sites excluding steroid dienone is 2. The molecule has 0 radical (unpaired) electrons. The van der Waals surface area contributed by atoms with Crippen LogP contribution in [-0.2, 0) is 14.3 Å². The number of Topliss-reactive ketones (excluding diaryl/α,β-unsaturated/α-hetero) is 1. The van der Waals surface area contributed by atoms with Crippen molar-refractivity contribution in [2.45, 2.75) is 12.8 Å². The highest BCUT2D eigenvalue weighted by Crippen LogP contribution is 2.37. The van der Waals surface area contributed by atoms with Crippen LogP contribution in [0, 0.1) is 11.8 Å². The zero-order valence-corrected chi connectivity index (χ0v) is 22.1. The number of hydrogen-bond donors (Lipinski definition) is 0. The van der Waals surface area contributed by atoms with Crippen molar-refractivity contribution < 1.29 is 33.4 Å². The number of esters is 2. The van der Waals surface area contributed by atoms with E-state index in [4.69, 9.17) is 9.47 Å². The highest BCUT2D eigenvalue weighted by Gasteiger charge is 2.47. The minimum atomic E-state index is -0.761. The number of ether oxygens (including phenoxy) is 2. The van der Waals surface area contributed by atoms with Crippen molar-refractivity contribution >= 4 is 51.2 Å². The summed E-state index contributed by atoms with van der Waals surface area (Å²) < 4.78 is 11.4. The molecule has 2 atom stereocenters. The fourth-order valence-corrected chi connectivity index (χ4v) is 4.85. The van der Waals surface area contributed by atoms with Gasteiger partial charge in [-0.15, -0.1) is 0 Å². The van der Waals surface area contributed by atoms with Crippen molar-refractivity contribution in [1.29, 1.82) is 0 Å². The second kappa shape index (κ2) is 11.2. The quantitative estimate of drug-likeness (QED) is 0.123. The van der Waals surface area contributed by atoms with E-state index in [-0.39, 0.29) is 40.5 Å². The molecular weight excluding hydrogens is 566 g/mol. The largest absolute Gasteiger partial charge is 0.454 e. The SMILES string of the molecule is O=C(COC(=O)c1cccc(N2C(=O)C3CC=CCC3C2=O)c1)c1ccc(OC(=O)c2ccc(Br)cc2)cc1. The van der Waals surface area contributed by atoms with Gasteiger partial charge in [0.05, 0.1) is 28.7 Å². The molecule has 2 aliphatic rings. The lowest BCUT2D eigenvalue weighted by atomic mass is 9.85. The highest BCUT2D eigenvalue weighted by molar-refractivity contribution is 9.10.